The molecule has 5 rings (SSSR count). The van der Waals surface area contributed by atoms with E-state index in [2.05, 4.69) is 21.6 Å². The molecule has 0 aliphatic carbocycles. The van der Waals surface area contributed by atoms with Gasteiger partial charge in [0.1, 0.15) is 17.4 Å². The van der Waals surface area contributed by atoms with Crippen LogP contribution in [0.5, 0.6) is 0 Å². The number of hydrogen-bond donors (Lipinski definition) is 1. The number of nitrogens with zero attached hydrogens (tertiary/aromatic N) is 4. The largest absolute Gasteiger partial charge is 0.438 e. The average molecular weight is 459 g/mol. The van der Waals surface area contributed by atoms with Crippen LogP contribution in [0.1, 0.15) is 5.56 Å². The molecule has 1 N–H and O–H groups in total. The average Bonchev–Trinajstić information content (AvgIpc) is 3.28. The first-order valence-electron chi connectivity index (χ1n) is 10.7. The van der Waals surface area contributed by atoms with E-state index in [1.807, 2.05) is 60.7 Å². The summed E-state index contributed by atoms with van der Waals surface area (Å²) in [5.74, 6) is 1.18. The van der Waals surface area contributed by atoms with Crippen LogP contribution in [0.4, 0.5) is 17.4 Å². The van der Waals surface area contributed by atoms with Crippen LogP contribution < -0.4 is 5.32 Å². The summed E-state index contributed by atoms with van der Waals surface area (Å²) < 4.78 is 6.16. The van der Waals surface area contributed by atoms with E-state index >= 15 is 0 Å². The molecule has 0 bridgehead atoms. The lowest BCUT2D eigenvalue weighted by atomic mass is 9.98. The van der Waals surface area contributed by atoms with Crippen molar-refractivity contribution in [3.8, 4) is 39.8 Å². The summed E-state index contributed by atoms with van der Waals surface area (Å²) in [6, 6.07) is 31.0. The summed E-state index contributed by atoms with van der Waals surface area (Å²) in [6.07, 6.45) is 0. The number of benzene rings is 3. The Balaban J connectivity index is 1.52. The molecule has 0 aliphatic rings. The summed E-state index contributed by atoms with van der Waals surface area (Å²) in [7, 11) is 0. The van der Waals surface area contributed by atoms with E-state index in [-0.39, 0.29) is 11.6 Å². The van der Waals surface area contributed by atoms with E-state index in [1.54, 1.807) is 24.3 Å². The van der Waals surface area contributed by atoms with E-state index in [0.717, 1.165) is 11.1 Å². The number of rotatable bonds is 6. The van der Waals surface area contributed by atoms with Gasteiger partial charge in [0.15, 0.2) is 5.82 Å². The van der Waals surface area contributed by atoms with Gasteiger partial charge in [-0.3, -0.25) is 10.1 Å². The molecule has 3 aromatic carbocycles. The number of nitro benzene ring substituents is 1. The maximum absolute atomic E-state index is 11.1. The molecule has 8 heteroatoms. The Morgan fingerprint density at radius 2 is 1.51 bits per heavy atom. The van der Waals surface area contributed by atoms with Gasteiger partial charge in [0.2, 0.25) is 5.88 Å². The van der Waals surface area contributed by atoms with Gasteiger partial charge < -0.3 is 9.73 Å². The van der Waals surface area contributed by atoms with Crippen molar-refractivity contribution in [2.45, 2.75) is 0 Å². The van der Waals surface area contributed by atoms with Gasteiger partial charge in [-0.2, -0.15) is 5.26 Å². The number of nitrogens with one attached hydrogen (secondary N) is 1. The normalized spacial score (nSPS) is 10.5. The molecule has 168 valence electrons. The molecule has 8 nitrogen and oxygen atoms in total. The maximum Gasteiger partial charge on any atom is 0.270 e. The number of furan rings is 1. The van der Waals surface area contributed by atoms with Gasteiger partial charge in [-0.15, -0.1) is 10.2 Å². The van der Waals surface area contributed by atoms with Crippen molar-refractivity contribution in [2.75, 3.05) is 5.32 Å². The number of anilines is 2. The number of nitro groups is 1. The van der Waals surface area contributed by atoms with Gasteiger partial charge in [0, 0.05) is 28.8 Å². The third-order valence-corrected chi connectivity index (χ3v) is 5.38. The number of aromatic nitrogens is 2. The summed E-state index contributed by atoms with van der Waals surface area (Å²) in [5, 5.41) is 32.5. The maximum atomic E-state index is 11.1. The first-order chi connectivity index (χ1) is 17.1. The second kappa shape index (κ2) is 9.29. The van der Waals surface area contributed by atoms with Crippen LogP contribution in [0.2, 0.25) is 0 Å². The molecule has 5 aromatic rings. The van der Waals surface area contributed by atoms with Crippen LogP contribution in [-0.2, 0) is 0 Å². The predicted molar refractivity (Wildman–Crippen MR) is 132 cm³/mol. The Labute approximate surface area is 200 Å². The zero-order valence-corrected chi connectivity index (χ0v) is 18.3. The van der Waals surface area contributed by atoms with Crippen LogP contribution in [0.15, 0.2) is 101 Å². The monoisotopic (exact) mass is 459 g/mol. The molecule has 0 radical (unpaired) electrons. The van der Waals surface area contributed by atoms with Gasteiger partial charge >= 0.3 is 0 Å². The Hall–Kier alpha value is -5.29. The molecule has 0 amide bonds. The van der Waals surface area contributed by atoms with Gasteiger partial charge in [0.25, 0.3) is 5.69 Å². The van der Waals surface area contributed by atoms with Crippen molar-refractivity contribution in [3.05, 3.63) is 113 Å². The molecule has 35 heavy (non-hydrogen) atoms. The molecule has 0 atom stereocenters. The van der Waals surface area contributed by atoms with Crippen molar-refractivity contribution >= 4 is 17.4 Å². The zero-order chi connectivity index (χ0) is 24.2. The van der Waals surface area contributed by atoms with Gasteiger partial charge in [-0.05, 0) is 17.7 Å². The molecule has 0 saturated heterocycles. The summed E-state index contributed by atoms with van der Waals surface area (Å²) in [4.78, 5) is 10.6. The SMILES string of the molecule is N#Cc1c(Nc2ccc(-c3cccc([N+](=O)[O-])c3)nn2)oc(-c2ccccc2)c1-c1ccccc1. The minimum Gasteiger partial charge on any atom is -0.438 e. The third-order valence-electron chi connectivity index (χ3n) is 5.38. The van der Waals surface area contributed by atoms with Gasteiger partial charge in [-0.25, -0.2) is 0 Å². The van der Waals surface area contributed by atoms with Gasteiger partial charge in [-0.1, -0.05) is 72.8 Å². The lowest BCUT2D eigenvalue weighted by molar-refractivity contribution is -0.384. The summed E-state index contributed by atoms with van der Waals surface area (Å²) in [5.41, 5.74) is 3.75. The van der Waals surface area contributed by atoms with E-state index in [0.29, 0.717) is 34.0 Å². The predicted octanol–water partition coefficient (Wildman–Crippen LogP) is 6.59. The molecular formula is C27H17N5O3. The van der Waals surface area contributed by atoms with E-state index in [9.17, 15) is 15.4 Å². The first-order valence-corrected chi connectivity index (χ1v) is 10.7. The quantitative estimate of drug-likeness (QED) is 0.225. The molecule has 0 fully saturated rings. The number of non-ortho nitro benzene ring substituents is 1. The van der Waals surface area contributed by atoms with Crippen molar-refractivity contribution < 1.29 is 9.34 Å². The minimum atomic E-state index is -0.457. The van der Waals surface area contributed by atoms with E-state index in [4.69, 9.17) is 4.42 Å². The highest BCUT2D eigenvalue weighted by Gasteiger charge is 2.23. The second-order valence-electron chi connectivity index (χ2n) is 7.59. The smallest absolute Gasteiger partial charge is 0.270 e. The van der Waals surface area contributed by atoms with Crippen molar-refractivity contribution in [3.63, 3.8) is 0 Å². The lowest BCUT2D eigenvalue weighted by Gasteiger charge is -2.04. The lowest BCUT2D eigenvalue weighted by Crippen LogP contribution is -1.97. The van der Waals surface area contributed by atoms with E-state index in [1.165, 1.54) is 12.1 Å². The van der Waals surface area contributed by atoms with Crippen LogP contribution >= 0.6 is 0 Å². The number of hydrogen-bond acceptors (Lipinski definition) is 7. The Kier molecular flexibility index (Phi) is 5.72. The molecule has 0 unspecified atom stereocenters. The summed E-state index contributed by atoms with van der Waals surface area (Å²) in [6.45, 7) is 0. The van der Waals surface area contributed by atoms with E-state index < -0.39 is 4.92 Å². The Morgan fingerprint density at radius 3 is 2.14 bits per heavy atom. The Bertz CT molecular complexity index is 1540. The van der Waals surface area contributed by atoms with Crippen LogP contribution in [0, 0.1) is 21.4 Å². The highest BCUT2D eigenvalue weighted by molar-refractivity contribution is 5.89. The molecule has 0 saturated carbocycles. The molecule has 2 heterocycles. The molecule has 0 aliphatic heterocycles. The third kappa shape index (κ3) is 4.34. The standard InChI is InChI=1S/C27H17N5O3/c28-17-22-25(18-8-3-1-4-9-18)26(19-10-5-2-6-11-19)35-27(22)29-24-15-14-23(30-31-24)20-12-7-13-21(16-20)32(33)34/h1-16H,(H,29,31). The van der Waals surface area contributed by atoms with Crippen LogP contribution in [0.3, 0.4) is 0 Å². The van der Waals surface area contributed by atoms with Crippen molar-refractivity contribution in [1.82, 2.24) is 10.2 Å². The van der Waals surface area contributed by atoms with Crippen molar-refractivity contribution in [1.29, 1.82) is 5.26 Å². The summed E-state index contributed by atoms with van der Waals surface area (Å²) >= 11 is 0. The molecule has 0 spiro atoms. The van der Waals surface area contributed by atoms with Gasteiger partial charge in [0.05, 0.1) is 10.6 Å². The highest BCUT2D eigenvalue weighted by atomic mass is 16.6. The molecule has 2 aromatic heterocycles. The number of nitriles is 1. The zero-order valence-electron chi connectivity index (χ0n) is 18.3. The van der Waals surface area contributed by atoms with Crippen molar-refractivity contribution in [2.24, 2.45) is 0 Å². The fraction of sp³-hybridized carbons (Fsp3) is 0. The second-order valence-corrected chi connectivity index (χ2v) is 7.59. The van der Waals surface area contributed by atoms with Crippen LogP contribution in [0.25, 0.3) is 33.7 Å². The van der Waals surface area contributed by atoms with Crippen LogP contribution in [-0.4, -0.2) is 15.1 Å². The highest BCUT2D eigenvalue weighted by Crippen LogP contribution is 2.42. The Morgan fingerprint density at radius 1 is 0.829 bits per heavy atom. The molecular weight excluding hydrogens is 442 g/mol. The fourth-order valence-corrected chi connectivity index (χ4v) is 3.75. The topological polar surface area (TPSA) is 118 Å². The first kappa shape index (κ1) is 21.6. The minimum absolute atomic E-state index is 0.0253. The fourth-order valence-electron chi connectivity index (χ4n) is 3.75.